The van der Waals surface area contributed by atoms with Crippen molar-refractivity contribution in [2.24, 2.45) is 0 Å². The normalized spacial score (nSPS) is 12.6. The quantitative estimate of drug-likeness (QED) is 0.191. The van der Waals surface area contributed by atoms with E-state index in [1.807, 2.05) is 22.7 Å². The van der Waals surface area contributed by atoms with Crippen LogP contribution < -0.4 is 0 Å². The number of hydrogen-bond acceptors (Lipinski definition) is 2. The lowest BCUT2D eigenvalue weighted by Gasteiger charge is -2.11. The van der Waals surface area contributed by atoms with Gasteiger partial charge in [-0.2, -0.15) is 0 Å². The van der Waals surface area contributed by atoms with Crippen molar-refractivity contribution in [1.29, 1.82) is 0 Å². The highest BCUT2D eigenvalue weighted by molar-refractivity contribution is 7.27. The molecule has 0 aliphatic carbocycles. The zero-order chi connectivity index (χ0) is 22.7. The van der Waals surface area contributed by atoms with Crippen LogP contribution in [0.15, 0.2) is 103 Å². The molecule has 4 heterocycles. The second-order valence-electron chi connectivity index (χ2n) is 9.36. The molecule has 5 aromatic carbocycles. The van der Waals surface area contributed by atoms with E-state index in [-0.39, 0.29) is 0 Å². The molecule has 0 amide bonds. The summed E-state index contributed by atoms with van der Waals surface area (Å²) in [4.78, 5) is 0. The van der Waals surface area contributed by atoms with Crippen molar-refractivity contribution >= 4 is 101 Å². The summed E-state index contributed by atoms with van der Waals surface area (Å²) in [5, 5.41) is 12.0. The van der Waals surface area contributed by atoms with Gasteiger partial charge in [-0.15, -0.1) is 22.7 Å². The monoisotopic (exact) mass is 479 g/mol. The highest BCUT2D eigenvalue weighted by Crippen LogP contribution is 2.45. The fourth-order valence-electron chi connectivity index (χ4n) is 6.03. The number of hydrogen-bond donors (Lipinski definition) is 0. The Balaban J connectivity index is 1.62. The van der Waals surface area contributed by atoms with Crippen LogP contribution in [-0.2, 0) is 0 Å². The van der Waals surface area contributed by atoms with Crippen LogP contribution in [0.25, 0.3) is 78.3 Å². The number of thiophene rings is 2. The highest BCUT2D eigenvalue weighted by Gasteiger charge is 2.18. The van der Waals surface area contributed by atoms with E-state index in [0.717, 1.165) is 0 Å². The van der Waals surface area contributed by atoms with E-state index >= 15 is 0 Å². The summed E-state index contributed by atoms with van der Waals surface area (Å²) in [6.45, 7) is 0. The van der Waals surface area contributed by atoms with Crippen molar-refractivity contribution in [2.75, 3.05) is 0 Å². The molecule has 0 saturated heterocycles. The van der Waals surface area contributed by atoms with Gasteiger partial charge in [0.2, 0.25) is 0 Å². The lowest BCUT2D eigenvalue weighted by molar-refractivity contribution is 1.30. The first kappa shape index (κ1) is 18.4. The average Bonchev–Trinajstić information content (AvgIpc) is 3.58. The third-order valence-corrected chi connectivity index (χ3v) is 9.89. The van der Waals surface area contributed by atoms with Gasteiger partial charge in [-0.25, -0.2) is 0 Å². The smallest absolute Gasteiger partial charge is 0.0628 e. The molecule has 1 nitrogen and oxygen atoms in total. The van der Waals surface area contributed by atoms with E-state index in [1.165, 1.54) is 78.3 Å². The van der Waals surface area contributed by atoms with E-state index in [4.69, 9.17) is 0 Å². The van der Waals surface area contributed by atoms with Gasteiger partial charge in [0.15, 0.2) is 0 Å². The van der Waals surface area contributed by atoms with Crippen molar-refractivity contribution in [3.05, 3.63) is 103 Å². The molecule has 3 heteroatoms. The van der Waals surface area contributed by atoms with Gasteiger partial charge in [-0.05, 0) is 29.7 Å². The second-order valence-corrected chi connectivity index (χ2v) is 11.5. The highest BCUT2D eigenvalue weighted by atomic mass is 32.1. The van der Waals surface area contributed by atoms with Gasteiger partial charge in [0, 0.05) is 68.1 Å². The van der Waals surface area contributed by atoms with Crippen LogP contribution in [0.4, 0.5) is 0 Å². The summed E-state index contributed by atoms with van der Waals surface area (Å²) in [5.74, 6) is 0. The SMILES string of the molecule is c1ccc2c(c1)cn1c3cc4c(cc3c3ccc5c6ccccc6sc5c3c21)sc1ccccc14. The molecule has 9 aromatic rings. The number of benzene rings is 5. The zero-order valence-corrected chi connectivity index (χ0v) is 20.2. The second kappa shape index (κ2) is 6.39. The predicted molar refractivity (Wildman–Crippen MR) is 156 cm³/mol. The van der Waals surface area contributed by atoms with Crippen molar-refractivity contribution < 1.29 is 0 Å². The van der Waals surface area contributed by atoms with Gasteiger partial charge < -0.3 is 4.40 Å². The largest absolute Gasteiger partial charge is 0.315 e. The molecule has 0 fully saturated rings. The first-order valence-electron chi connectivity index (χ1n) is 11.9. The first-order chi connectivity index (χ1) is 17.3. The molecule has 0 aliphatic rings. The van der Waals surface area contributed by atoms with Gasteiger partial charge in [-0.3, -0.25) is 0 Å². The van der Waals surface area contributed by atoms with Crippen LogP contribution in [0.5, 0.6) is 0 Å². The van der Waals surface area contributed by atoms with Crippen molar-refractivity contribution in [3.8, 4) is 0 Å². The molecule has 0 saturated carbocycles. The third-order valence-electron chi connectivity index (χ3n) is 7.55. The Labute approximate surface area is 208 Å². The molecule has 0 atom stereocenters. The standard InChI is InChI=1S/C32H17NS2/c1-2-8-19-18(7-1)17-33-26-15-25-21-10-4-5-11-27(21)34-29(25)16-24(26)22-13-14-23-20-9-3-6-12-28(20)35-32(23)30(22)31(19)33/h1-17H. The molecule has 0 radical (unpaired) electrons. The van der Waals surface area contributed by atoms with Crippen LogP contribution in [0, 0.1) is 0 Å². The molecule has 0 bridgehead atoms. The maximum atomic E-state index is 2.46. The number of fused-ring (bicyclic) bond motifs is 15. The Kier molecular flexibility index (Phi) is 3.36. The molecule has 9 rings (SSSR count). The summed E-state index contributed by atoms with van der Waals surface area (Å²) >= 11 is 3.82. The molecule has 0 N–H and O–H groups in total. The van der Waals surface area contributed by atoms with Crippen LogP contribution in [0.1, 0.15) is 0 Å². The van der Waals surface area contributed by atoms with Gasteiger partial charge in [0.05, 0.1) is 11.0 Å². The molecular weight excluding hydrogens is 462 g/mol. The molecular formula is C32H17NS2. The van der Waals surface area contributed by atoms with Gasteiger partial charge in [0.1, 0.15) is 0 Å². The minimum absolute atomic E-state index is 1.28. The predicted octanol–water partition coefficient (Wildman–Crippen LogP) is 10.1. The molecule has 162 valence electrons. The topological polar surface area (TPSA) is 4.41 Å². The van der Waals surface area contributed by atoms with E-state index in [0.29, 0.717) is 0 Å². The summed E-state index contributed by atoms with van der Waals surface area (Å²) < 4.78 is 7.90. The number of pyridine rings is 1. The maximum Gasteiger partial charge on any atom is 0.0628 e. The van der Waals surface area contributed by atoms with E-state index in [9.17, 15) is 0 Å². The maximum absolute atomic E-state index is 2.46. The summed E-state index contributed by atoms with van der Waals surface area (Å²) in [5.41, 5.74) is 2.60. The fraction of sp³-hybridized carbons (Fsp3) is 0. The van der Waals surface area contributed by atoms with Crippen LogP contribution in [-0.4, -0.2) is 4.40 Å². The molecule has 0 unspecified atom stereocenters. The Morgan fingerprint density at radius 3 is 2.03 bits per heavy atom. The third kappa shape index (κ3) is 2.28. The van der Waals surface area contributed by atoms with Gasteiger partial charge in [0.25, 0.3) is 0 Å². The van der Waals surface area contributed by atoms with Crippen LogP contribution >= 0.6 is 22.7 Å². The average molecular weight is 480 g/mol. The molecule has 4 aromatic heterocycles. The van der Waals surface area contributed by atoms with Gasteiger partial charge >= 0.3 is 0 Å². The molecule has 35 heavy (non-hydrogen) atoms. The Hall–Kier alpha value is -3.92. The minimum atomic E-state index is 1.28. The minimum Gasteiger partial charge on any atom is -0.315 e. The summed E-state index contributed by atoms with van der Waals surface area (Å²) in [7, 11) is 0. The number of nitrogens with zero attached hydrogens (tertiary/aromatic N) is 1. The molecule has 0 aliphatic heterocycles. The van der Waals surface area contributed by atoms with Crippen molar-refractivity contribution in [3.63, 3.8) is 0 Å². The molecule has 0 spiro atoms. The van der Waals surface area contributed by atoms with Crippen molar-refractivity contribution in [2.45, 2.75) is 0 Å². The lowest BCUT2D eigenvalue weighted by atomic mass is 10.00. The van der Waals surface area contributed by atoms with Crippen LogP contribution in [0.2, 0.25) is 0 Å². The Bertz CT molecular complexity index is 2330. The number of rotatable bonds is 0. The Morgan fingerprint density at radius 2 is 1.17 bits per heavy atom. The number of aromatic nitrogens is 1. The van der Waals surface area contributed by atoms with E-state index in [1.54, 1.807) is 0 Å². The van der Waals surface area contributed by atoms with Gasteiger partial charge in [-0.1, -0.05) is 72.8 Å². The van der Waals surface area contributed by atoms with Crippen molar-refractivity contribution in [1.82, 2.24) is 4.40 Å². The fourth-order valence-corrected chi connectivity index (χ4v) is 8.41. The van der Waals surface area contributed by atoms with Crippen LogP contribution in [0.3, 0.4) is 0 Å². The Morgan fingerprint density at radius 1 is 0.486 bits per heavy atom. The lowest BCUT2D eigenvalue weighted by Crippen LogP contribution is -1.90. The van der Waals surface area contributed by atoms with E-state index < -0.39 is 0 Å². The summed E-state index contributed by atoms with van der Waals surface area (Å²) in [6.07, 6.45) is 2.33. The summed E-state index contributed by atoms with van der Waals surface area (Å²) in [6, 6.07) is 36.0. The zero-order valence-electron chi connectivity index (χ0n) is 18.6. The van der Waals surface area contributed by atoms with E-state index in [2.05, 4.69) is 108 Å². The first-order valence-corrected chi connectivity index (χ1v) is 13.5.